The molecule has 1 saturated carbocycles. The van der Waals surface area contributed by atoms with E-state index in [4.69, 9.17) is 35.9 Å². The topological polar surface area (TPSA) is 140 Å². The van der Waals surface area contributed by atoms with Gasteiger partial charge < -0.3 is 24.3 Å². The zero-order valence-electron chi connectivity index (χ0n) is 21.7. The van der Waals surface area contributed by atoms with Crippen LogP contribution < -0.4 is 15.3 Å². The fraction of sp³-hybridized carbons (Fsp3) is 0.480. The number of nitrogen functional groups attached to an aromatic ring is 1. The number of rotatable bonds is 9. The van der Waals surface area contributed by atoms with Crippen molar-refractivity contribution < 1.29 is 27.9 Å². The summed E-state index contributed by atoms with van der Waals surface area (Å²) in [6, 6.07) is 7.49. The second kappa shape index (κ2) is 9.81. The lowest BCUT2D eigenvalue weighted by Gasteiger charge is -2.30. The Balaban J connectivity index is 1.37. The minimum atomic E-state index is -4.15. The normalized spacial score (nSPS) is 28.6. The summed E-state index contributed by atoms with van der Waals surface area (Å²) < 4.78 is 39.8. The number of benzene rings is 1. The molecule has 1 saturated heterocycles. The molecule has 2 fully saturated rings. The Hall–Kier alpha value is -2.69. The monoisotopic (exact) mass is 563 g/mol. The Bertz CT molecular complexity index is 1420. The molecule has 0 bridgehead atoms. The second-order valence-electron chi connectivity index (χ2n) is 10.2. The van der Waals surface area contributed by atoms with E-state index in [1.165, 1.54) is 13.3 Å². The molecule has 3 N–H and O–H groups in total. The number of fused-ring (bicyclic) bond motifs is 2. The van der Waals surface area contributed by atoms with Crippen molar-refractivity contribution in [3.63, 3.8) is 0 Å². The first-order valence-electron chi connectivity index (χ1n) is 12.4. The highest BCUT2D eigenvalue weighted by molar-refractivity contribution is 7.52. The molecular formula is C25H31ClN5O6P. The van der Waals surface area contributed by atoms with Crippen LogP contribution in [-0.4, -0.2) is 44.4 Å². The third-order valence-electron chi connectivity index (χ3n) is 6.99. The Morgan fingerprint density at radius 3 is 2.66 bits per heavy atom. The Kier molecular flexibility index (Phi) is 6.94. The van der Waals surface area contributed by atoms with Crippen LogP contribution in [0.5, 0.6) is 5.75 Å². The third kappa shape index (κ3) is 4.78. The van der Waals surface area contributed by atoms with Crippen molar-refractivity contribution in [2.24, 2.45) is 11.8 Å². The van der Waals surface area contributed by atoms with Gasteiger partial charge in [0, 0.05) is 18.0 Å². The van der Waals surface area contributed by atoms with Gasteiger partial charge in [-0.05, 0) is 45.9 Å². The first-order valence-corrected chi connectivity index (χ1v) is 14.3. The van der Waals surface area contributed by atoms with Crippen LogP contribution in [0.4, 0.5) is 5.82 Å². The van der Waals surface area contributed by atoms with Crippen molar-refractivity contribution >= 4 is 42.2 Å². The maximum absolute atomic E-state index is 14.1. The molecule has 38 heavy (non-hydrogen) atoms. The standard InChI is InChI=1S/C25H31ClN5O6P/c1-13(2)34-24(32)15(4)30-38(33,36-18-9-7-6-8-17(18)26)37-25(5)19-14(3)23(35-20(19)25)31-11-10-16-21(27)28-12-29-22(16)31/h6-15,19-20,23H,1-5H3,(H,30,33)(H2,27,28,29)/t14-,15-,19?,20-,23+,25?,38?/m0/s1. The third-order valence-corrected chi connectivity index (χ3v) is 9.08. The molecule has 0 amide bonds. The van der Waals surface area contributed by atoms with Gasteiger partial charge >= 0.3 is 13.7 Å². The molecule has 1 aliphatic heterocycles. The molecule has 3 unspecified atom stereocenters. The van der Waals surface area contributed by atoms with Crippen molar-refractivity contribution in [3.05, 3.63) is 47.9 Å². The zero-order valence-corrected chi connectivity index (χ0v) is 23.3. The van der Waals surface area contributed by atoms with E-state index in [2.05, 4.69) is 15.1 Å². The second-order valence-corrected chi connectivity index (χ2v) is 12.2. The highest BCUT2D eigenvalue weighted by Crippen LogP contribution is 2.67. The number of esters is 1. The number of halogens is 1. The Labute approximate surface area is 225 Å². The summed E-state index contributed by atoms with van der Waals surface area (Å²) in [6.07, 6.45) is 2.25. The molecular weight excluding hydrogens is 533 g/mol. The van der Waals surface area contributed by atoms with Crippen LogP contribution in [0, 0.1) is 11.8 Å². The van der Waals surface area contributed by atoms with Crippen LogP contribution in [0.2, 0.25) is 5.02 Å². The van der Waals surface area contributed by atoms with E-state index in [9.17, 15) is 9.36 Å². The van der Waals surface area contributed by atoms with Crippen LogP contribution in [0.15, 0.2) is 42.9 Å². The molecule has 0 radical (unpaired) electrons. The molecule has 1 aromatic carbocycles. The van der Waals surface area contributed by atoms with Gasteiger partial charge in [0.2, 0.25) is 0 Å². The maximum Gasteiger partial charge on any atom is 0.460 e. The molecule has 5 rings (SSSR count). The van der Waals surface area contributed by atoms with E-state index in [0.29, 0.717) is 11.5 Å². The van der Waals surface area contributed by atoms with Gasteiger partial charge in [0.15, 0.2) is 0 Å². The van der Waals surface area contributed by atoms with Gasteiger partial charge in [0.05, 0.1) is 22.6 Å². The molecule has 0 spiro atoms. The maximum atomic E-state index is 14.1. The first-order chi connectivity index (χ1) is 17.9. The summed E-state index contributed by atoms with van der Waals surface area (Å²) in [4.78, 5) is 20.9. The highest BCUT2D eigenvalue weighted by atomic mass is 35.5. The first kappa shape index (κ1) is 26.9. The molecule has 3 aromatic rings. The number of hydrogen-bond donors (Lipinski definition) is 2. The summed E-state index contributed by atoms with van der Waals surface area (Å²) in [7, 11) is -4.15. The van der Waals surface area contributed by atoms with Crippen molar-refractivity contribution in [2.75, 3.05) is 5.73 Å². The number of aromatic nitrogens is 3. The smallest absolute Gasteiger partial charge is 0.460 e. The average Bonchev–Trinajstić information content (AvgIpc) is 3.14. The van der Waals surface area contributed by atoms with Crippen LogP contribution in [0.3, 0.4) is 0 Å². The predicted octanol–water partition coefficient (Wildman–Crippen LogP) is 4.72. The van der Waals surface area contributed by atoms with E-state index < -0.39 is 25.4 Å². The van der Waals surface area contributed by atoms with Gasteiger partial charge in [0.25, 0.3) is 0 Å². The van der Waals surface area contributed by atoms with Gasteiger partial charge in [0.1, 0.15) is 41.4 Å². The van der Waals surface area contributed by atoms with Crippen LogP contribution in [0.25, 0.3) is 11.0 Å². The summed E-state index contributed by atoms with van der Waals surface area (Å²) in [5.41, 5.74) is 5.72. The number of carbonyl (C=O) groups is 1. The van der Waals surface area contributed by atoms with Gasteiger partial charge in [-0.1, -0.05) is 30.7 Å². The number of anilines is 1. The average molecular weight is 564 g/mol. The fourth-order valence-electron chi connectivity index (χ4n) is 5.18. The van der Waals surface area contributed by atoms with Gasteiger partial charge in [-0.2, -0.15) is 5.09 Å². The van der Waals surface area contributed by atoms with E-state index in [1.54, 1.807) is 38.1 Å². The number of carbonyl (C=O) groups excluding carboxylic acids is 1. The summed E-state index contributed by atoms with van der Waals surface area (Å²) in [5.74, 6) is -0.169. The van der Waals surface area contributed by atoms with Crippen molar-refractivity contribution in [2.45, 2.75) is 64.7 Å². The summed E-state index contributed by atoms with van der Waals surface area (Å²) in [6.45, 7) is 8.86. The van der Waals surface area contributed by atoms with Gasteiger partial charge in [-0.15, -0.1) is 0 Å². The lowest BCUT2D eigenvalue weighted by molar-refractivity contribution is -0.149. The van der Waals surface area contributed by atoms with Crippen molar-refractivity contribution in [1.29, 1.82) is 0 Å². The number of nitrogens with one attached hydrogen (secondary N) is 1. The molecule has 11 nitrogen and oxygen atoms in total. The summed E-state index contributed by atoms with van der Waals surface area (Å²) in [5, 5.41) is 3.72. The van der Waals surface area contributed by atoms with Crippen molar-refractivity contribution in [3.8, 4) is 5.75 Å². The van der Waals surface area contributed by atoms with Gasteiger partial charge in [-0.3, -0.25) is 9.32 Å². The van der Waals surface area contributed by atoms with Crippen LogP contribution >= 0.6 is 19.3 Å². The number of nitrogens with zero attached hydrogens (tertiary/aromatic N) is 3. The quantitative estimate of drug-likeness (QED) is 0.277. The molecule has 7 atom stereocenters. The Morgan fingerprint density at radius 2 is 2.00 bits per heavy atom. The lowest BCUT2D eigenvalue weighted by atomic mass is 10.0. The largest absolute Gasteiger partial charge is 0.462 e. The lowest BCUT2D eigenvalue weighted by Crippen LogP contribution is -2.38. The number of para-hydroxylation sites is 1. The van der Waals surface area contributed by atoms with E-state index >= 15 is 0 Å². The van der Waals surface area contributed by atoms with Crippen molar-refractivity contribution in [1.82, 2.24) is 19.6 Å². The predicted molar refractivity (Wildman–Crippen MR) is 142 cm³/mol. The SMILES string of the molecule is CC(C)OC(=O)[C@H](C)NP(=O)(Oc1ccccc1Cl)OC1(C)C2[C@H](C)[C@H](n3ccc4c(N)ncnc43)O[C@@H]21. The van der Waals surface area contributed by atoms with Crippen LogP contribution in [-0.2, 0) is 23.4 Å². The van der Waals surface area contributed by atoms with Crippen LogP contribution in [0.1, 0.15) is 40.8 Å². The van der Waals surface area contributed by atoms with E-state index in [1.807, 2.05) is 30.7 Å². The molecule has 3 heterocycles. The number of ether oxygens (including phenoxy) is 2. The molecule has 204 valence electrons. The Morgan fingerprint density at radius 1 is 1.26 bits per heavy atom. The number of hydrogen-bond acceptors (Lipinski definition) is 9. The zero-order chi connectivity index (χ0) is 27.4. The minimum absolute atomic E-state index is 0.0334. The van der Waals surface area contributed by atoms with E-state index in [-0.39, 0.29) is 41.0 Å². The van der Waals surface area contributed by atoms with E-state index in [0.717, 1.165) is 5.39 Å². The summed E-state index contributed by atoms with van der Waals surface area (Å²) >= 11 is 6.27. The minimum Gasteiger partial charge on any atom is -0.462 e. The molecule has 13 heteroatoms. The number of nitrogens with two attached hydrogens (primary N) is 1. The fourth-order valence-corrected chi connectivity index (χ4v) is 7.29. The molecule has 2 aliphatic rings. The molecule has 2 aromatic heterocycles. The molecule has 1 aliphatic carbocycles. The highest BCUT2D eigenvalue weighted by Gasteiger charge is 2.74. The van der Waals surface area contributed by atoms with Gasteiger partial charge in [-0.25, -0.2) is 14.5 Å².